The van der Waals surface area contributed by atoms with Crippen LogP contribution in [0.25, 0.3) is 0 Å². The van der Waals surface area contributed by atoms with Crippen molar-refractivity contribution < 1.29 is 9.50 Å². The van der Waals surface area contributed by atoms with Crippen LogP contribution in [0.5, 0.6) is 0 Å². The molecule has 0 rings (SSSR count). The topological polar surface area (TPSA) is 20.2 Å². The van der Waals surface area contributed by atoms with Crippen LogP contribution < -0.4 is 0 Å². The van der Waals surface area contributed by atoms with Crippen LogP contribution in [-0.4, -0.2) is 17.9 Å². The minimum atomic E-state index is -0.744. The summed E-state index contributed by atoms with van der Waals surface area (Å²) in [4.78, 5) is 0. The Hall–Kier alpha value is -0.110. The Morgan fingerprint density at radius 3 is 2.50 bits per heavy atom. The third-order valence-electron chi connectivity index (χ3n) is 1.83. The van der Waals surface area contributed by atoms with E-state index in [2.05, 4.69) is 6.92 Å². The molecule has 0 heterocycles. The Bertz CT molecular complexity index is 75.7. The van der Waals surface area contributed by atoms with Crippen LogP contribution in [0.2, 0.25) is 0 Å². The zero-order valence-corrected chi connectivity index (χ0v) is 6.81. The number of hydrogen-bond donors (Lipinski definition) is 1. The van der Waals surface area contributed by atoms with Crippen LogP contribution >= 0.6 is 0 Å². The van der Waals surface area contributed by atoms with E-state index in [0.29, 0.717) is 0 Å². The summed E-state index contributed by atoms with van der Waals surface area (Å²) in [6, 6.07) is 0. The molecule has 0 bridgehead atoms. The van der Waals surface area contributed by atoms with Gasteiger partial charge in [0, 0.05) is 0 Å². The van der Waals surface area contributed by atoms with E-state index in [-0.39, 0.29) is 5.92 Å². The molecule has 0 aliphatic rings. The minimum Gasteiger partial charge on any atom is -0.390 e. The van der Waals surface area contributed by atoms with E-state index in [1.54, 1.807) is 0 Å². The maximum Gasteiger partial charge on any atom is 0.116 e. The lowest BCUT2D eigenvalue weighted by Gasteiger charge is -2.14. The van der Waals surface area contributed by atoms with E-state index in [1.165, 1.54) is 0 Å². The first-order valence-corrected chi connectivity index (χ1v) is 3.96. The summed E-state index contributed by atoms with van der Waals surface area (Å²) in [5, 5.41) is 8.98. The van der Waals surface area contributed by atoms with Gasteiger partial charge in [0.2, 0.25) is 0 Å². The summed E-state index contributed by atoms with van der Waals surface area (Å²) >= 11 is 0. The van der Waals surface area contributed by atoms with Gasteiger partial charge in [0.15, 0.2) is 0 Å². The second-order valence-electron chi connectivity index (χ2n) is 2.84. The van der Waals surface area contributed by atoms with Gasteiger partial charge in [-0.2, -0.15) is 0 Å². The number of hydrogen-bond acceptors (Lipinski definition) is 1. The molecule has 0 fully saturated rings. The van der Waals surface area contributed by atoms with Gasteiger partial charge in [-0.15, -0.1) is 0 Å². The normalized spacial score (nSPS) is 16.8. The number of unbranched alkanes of at least 4 members (excludes halogenated alkanes) is 1. The van der Waals surface area contributed by atoms with Gasteiger partial charge in [-0.1, -0.05) is 26.7 Å². The number of rotatable bonds is 5. The Labute approximate surface area is 62.3 Å². The highest BCUT2D eigenvalue weighted by Crippen LogP contribution is 2.12. The summed E-state index contributed by atoms with van der Waals surface area (Å²) in [7, 11) is 0. The zero-order valence-electron chi connectivity index (χ0n) is 6.81. The van der Waals surface area contributed by atoms with E-state index in [1.807, 2.05) is 6.92 Å². The van der Waals surface area contributed by atoms with E-state index in [0.717, 1.165) is 19.3 Å². The Kier molecular flexibility index (Phi) is 5.60. The molecule has 10 heavy (non-hydrogen) atoms. The van der Waals surface area contributed by atoms with Crippen LogP contribution in [0, 0.1) is 5.92 Å². The van der Waals surface area contributed by atoms with Crippen LogP contribution in [0.3, 0.4) is 0 Å². The van der Waals surface area contributed by atoms with Crippen molar-refractivity contribution in [3.8, 4) is 0 Å². The van der Waals surface area contributed by atoms with Crippen molar-refractivity contribution >= 4 is 0 Å². The molecule has 1 unspecified atom stereocenters. The molecule has 0 saturated carbocycles. The molecular formula is C8H17FO. The van der Waals surface area contributed by atoms with Crippen LogP contribution in [0.4, 0.5) is 4.39 Å². The van der Waals surface area contributed by atoms with E-state index < -0.39 is 12.8 Å². The molecule has 1 N–H and O–H groups in total. The summed E-state index contributed by atoms with van der Waals surface area (Å²) in [6.45, 7) is 3.37. The van der Waals surface area contributed by atoms with Crippen molar-refractivity contribution in [1.29, 1.82) is 0 Å². The standard InChI is InChI=1S/C8H17FO/c1-3-4-5-7(2)8(10)6-9/h7-8,10H,3-6H2,1-2H3/t7?,8-/m1/s1. The lowest BCUT2D eigenvalue weighted by atomic mass is 9.99. The highest BCUT2D eigenvalue weighted by Gasteiger charge is 2.12. The van der Waals surface area contributed by atoms with E-state index >= 15 is 0 Å². The minimum absolute atomic E-state index is 0.116. The van der Waals surface area contributed by atoms with Crippen molar-refractivity contribution in [3.63, 3.8) is 0 Å². The van der Waals surface area contributed by atoms with Crippen molar-refractivity contribution in [2.45, 2.75) is 39.2 Å². The predicted octanol–water partition coefficient (Wildman–Crippen LogP) is 2.14. The number of aliphatic hydroxyl groups is 1. The lowest BCUT2D eigenvalue weighted by molar-refractivity contribution is 0.0835. The van der Waals surface area contributed by atoms with Gasteiger partial charge in [-0.3, -0.25) is 0 Å². The van der Waals surface area contributed by atoms with Crippen molar-refractivity contribution in [2.24, 2.45) is 5.92 Å². The third kappa shape index (κ3) is 3.83. The van der Waals surface area contributed by atoms with E-state index in [4.69, 9.17) is 5.11 Å². The maximum atomic E-state index is 11.8. The Balaban J connectivity index is 3.31. The molecule has 0 saturated heterocycles. The van der Waals surface area contributed by atoms with Gasteiger partial charge in [-0.05, 0) is 12.3 Å². The molecule has 0 amide bonds. The maximum absolute atomic E-state index is 11.8. The molecule has 0 aliphatic heterocycles. The second kappa shape index (κ2) is 5.66. The molecule has 0 aromatic rings. The predicted molar refractivity (Wildman–Crippen MR) is 40.7 cm³/mol. The molecule has 0 aromatic carbocycles. The quantitative estimate of drug-likeness (QED) is 0.633. The van der Waals surface area contributed by atoms with Crippen LogP contribution in [0.15, 0.2) is 0 Å². The molecule has 2 heteroatoms. The molecular weight excluding hydrogens is 131 g/mol. The summed E-state index contributed by atoms with van der Waals surface area (Å²) in [5.41, 5.74) is 0. The highest BCUT2D eigenvalue weighted by molar-refractivity contribution is 4.62. The number of alkyl halides is 1. The average Bonchev–Trinajstić information content (AvgIpc) is 1.98. The van der Waals surface area contributed by atoms with Gasteiger partial charge >= 0.3 is 0 Å². The number of halogens is 1. The SMILES string of the molecule is CCCCC(C)[C@H](O)CF. The van der Waals surface area contributed by atoms with Gasteiger partial charge in [0.1, 0.15) is 6.67 Å². The smallest absolute Gasteiger partial charge is 0.116 e. The fourth-order valence-corrected chi connectivity index (χ4v) is 0.871. The van der Waals surface area contributed by atoms with Crippen LogP contribution in [0.1, 0.15) is 33.1 Å². The van der Waals surface area contributed by atoms with E-state index in [9.17, 15) is 4.39 Å². The molecule has 1 nitrogen and oxygen atoms in total. The first kappa shape index (κ1) is 9.89. The first-order chi connectivity index (χ1) is 4.72. The largest absolute Gasteiger partial charge is 0.390 e. The molecule has 0 aromatic heterocycles. The molecule has 0 spiro atoms. The second-order valence-corrected chi connectivity index (χ2v) is 2.84. The Morgan fingerprint density at radius 1 is 1.50 bits per heavy atom. The van der Waals surface area contributed by atoms with Crippen LogP contribution in [-0.2, 0) is 0 Å². The fourth-order valence-electron chi connectivity index (χ4n) is 0.871. The molecule has 0 radical (unpaired) electrons. The van der Waals surface area contributed by atoms with Gasteiger partial charge in [-0.25, -0.2) is 4.39 Å². The van der Waals surface area contributed by atoms with Gasteiger partial charge in [0.25, 0.3) is 0 Å². The summed E-state index contributed by atoms with van der Waals surface area (Å²) in [5.74, 6) is 0.116. The monoisotopic (exact) mass is 148 g/mol. The van der Waals surface area contributed by atoms with Gasteiger partial charge < -0.3 is 5.11 Å². The number of aliphatic hydroxyl groups excluding tert-OH is 1. The van der Waals surface area contributed by atoms with Crippen molar-refractivity contribution in [2.75, 3.05) is 6.67 Å². The molecule has 62 valence electrons. The van der Waals surface area contributed by atoms with Crippen molar-refractivity contribution in [3.05, 3.63) is 0 Å². The average molecular weight is 148 g/mol. The summed E-state index contributed by atoms with van der Waals surface area (Å²) in [6.07, 6.45) is 2.38. The molecule has 2 atom stereocenters. The first-order valence-electron chi connectivity index (χ1n) is 3.96. The Morgan fingerprint density at radius 2 is 2.10 bits per heavy atom. The molecule has 0 aliphatic carbocycles. The fraction of sp³-hybridized carbons (Fsp3) is 1.00. The zero-order chi connectivity index (χ0) is 7.98. The third-order valence-corrected chi connectivity index (χ3v) is 1.83. The van der Waals surface area contributed by atoms with Gasteiger partial charge in [0.05, 0.1) is 6.10 Å². The summed E-state index contributed by atoms with van der Waals surface area (Å²) < 4.78 is 11.8. The highest BCUT2D eigenvalue weighted by atomic mass is 19.1. The lowest BCUT2D eigenvalue weighted by Crippen LogP contribution is -2.19. The van der Waals surface area contributed by atoms with Crippen molar-refractivity contribution in [1.82, 2.24) is 0 Å².